The van der Waals surface area contributed by atoms with E-state index in [9.17, 15) is 18.4 Å². The van der Waals surface area contributed by atoms with Crippen LogP contribution >= 0.6 is 23.5 Å². The number of fused-ring (bicyclic) bond motifs is 1. The van der Waals surface area contributed by atoms with Gasteiger partial charge in [0.1, 0.15) is 5.60 Å². The van der Waals surface area contributed by atoms with Crippen molar-refractivity contribution in [1.29, 1.82) is 0 Å². The minimum Gasteiger partial charge on any atom is -0.455 e. The van der Waals surface area contributed by atoms with E-state index in [0.29, 0.717) is 32.1 Å². The molecule has 2 heterocycles. The van der Waals surface area contributed by atoms with Gasteiger partial charge in [-0.25, -0.2) is 9.59 Å². The summed E-state index contributed by atoms with van der Waals surface area (Å²) in [4.78, 5) is 23.8. The molecule has 150 valence electrons. The number of hydrogen-bond acceptors (Lipinski definition) is 7. The molecular formula is C18H22F2O5S2. The number of esters is 2. The van der Waals surface area contributed by atoms with Gasteiger partial charge in [0.05, 0.1) is 9.33 Å². The first-order valence-corrected chi connectivity index (χ1v) is 11.1. The molecule has 0 aromatic heterocycles. The maximum atomic E-state index is 13.4. The average molecular weight is 420 g/mol. The predicted molar refractivity (Wildman–Crippen MR) is 95.4 cm³/mol. The topological polar surface area (TPSA) is 61.8 Å². The van der Waals surface area contributed by atoms with Crippen molar-refractivity contribution in [2.75, 3.05) is 7.11 Å². The van der Waals surface area contributed by atoms with Crippen LogP contribution in [0.3, 0.4) is 0 Å². The smallest absolute Gasteiger partial charge is 0.377 e. The number of halogens is 2. The van der Waals surface area contributed by atoms with Gasteiger partial charge in [0.15, 0.2) is 11.5 Å². The van der Waals surface area contributed by atoms with Crippen LogP contribution in [0, 0.1) is 17.8 Å². The Morgan fingerprint density at radius 1 is 1.22 bits per heavy atom. The number of hydrogen-bond donors (Lipinski definition) is 0. The van der Waals surface area contributed by atoms with Gasteiger partial charge < -0.3 is 14.2 Å². The zero-order valence-electron chi connectivity index (χ0n) is 15.1. The van der Waals surface area contributed by atoms with E-state index in [1.54, 1.807) is 23.5 Å². The second kappa shape index (κ2) is 5.75. The number of ether oxygens (including phenoxy) is 3. The molecule has 0 radical (unpaired) electrons. The summed E-state index contributed by atoms with van der Waals surface area (Å²) >= 11 is 3.50. The molecule has 5 nitrogen and oxygen atoms in total. The van der Waals surface area contributed by atoms with E-state index in [1.807, 2.05) is 0 Å². The van der Waals surface area contributed by atoms with Gasteiger partial charge >= 0.3 is 17.9 Å². The lowest BCUT2D eigenvalue weighted by Gasteiger charge is -2.63. The van der Waals surface area contributed by atoms with Gasteiger partial charge in [0.2, 0.25) is 0 Å². The Balaban J connectivity index is 1.40. The van der Waals surface area contributed by atoms with Crippen LogP contribution in [0.1, 0.15) is 39.0 Å². The molecule has 0 amide bonds. The number of rotatable bonds is 3. The second-order valence-corrected chi connectivity index (χ2v) is 11.8. The van der Waals surface area contributed by atoms with Crippen LogP contribution < -0.4 is 0 Å². The Bertz CT molecular complexity index is 680. The molecule has 2 aliphatic heterocycles. The van der Waals surface area contributed by atoms with E-state index in [0.717, 1.165) is 12.8 Å². The van der Waals surface area contributed by atoms with Crippen molar-refractivity contribution in [2.24, 2.45) is 17.8 Å². The van der Waals surface area contributed by atoms with Gasteiger partial charge in [-0.2, -0.15) is 8.78 Å². The number of thioether (sulfide) groups is 2. The zero-order valence-corrected chi connectivity index (χ0v) is 16.7. The molecule has 5 atom stereocenters. The molecule has 6 rings (SSSR count). The van der Waals surface area contributed by atoms with Gasteiger partial charge in [0, 0.05) is 14.0 Å². The first-order chi connectivity index (χ1) is 12.7. The highest BCUT2D eigenvalue weighted by Gasteiger charge is 2.70. The number of methoxy groups -OCH3 is 1. The van der Waals surface area contributed by atoms with Crippen molar-refractivity contribution >= 4 is 35.5 Å². The molecule has 0 aromatic carbocycles. The third kappa shape index (κ3) is 2.60. The summed E-state index contributed by atoms with van der Waals surface area (Å²) in [6.45, 7) is 0.598. The van der Waals surface area contributed by atoms with E-state index in [2.05, 4.69) is 0 Å². The van der Waals surface area contributed by atoms with Crippen LogP contribution in [0.4, 0.5) is 8.78 Å². The van der Waals surface area contributed by atoms with E-state index < -0.39 is 23.6 Å². The molecule has 4 saturated carbocycles. The molecule has 6 aliphatic rings. The molecule has 4 aliphatic carbocycles. The molecule has 0 N–H and O–H groups in total. The van der Waals surface area contributed by atoms with Gasteiger partial charge in [-0.05, 0) is 49.9 Å². The maximum Gasteiger partial charge on any atom is 0.377 e. The van der Waals surface area contributed by atoms with Crippen LogP contribution in [-0.2, 0) is 23.8 Å². The summed E-state index contributed by atoms with van der Waals surface area (Å²) in [5, 5.41) is -0.0384. The molecule has 5 unspecified atom stereocenters. The fourth-order valence-corrected chi connectivity index (χ4v) is 10.4. The molecule has 27 heavy (non-hydrogen) atoms. The molecule has 2 saturated heterocycles. The average Bonchev–Trinajstić information content (AvgIpc) is 3.04. The highest BCUT2D eigenvalue weighted by molar-refractivity contribution is 8.22. The van der Waals surface area contributed by atoms with E-state index in [-0.39, 0.29) is 32.6 Å². The van der Waals surface area contributed by atoms with Crippen LogP contribution in [0.25, 0.3) is 0 Å². The van der Waals surface area contributed by atoms with Gasteiger partial charge in [-0.1, -0.05) is 11.8 Å². The number of carbonyl (C=O) groups is 2. The fourth-order valence-electron chi connectivity index (χ4n) is 6.04. The SMILES string of the molecule is COC1C(=O)OC2SC3(SC21)C1CC2CC3CC(OC(=O)C(C)(F)F)(C2)C1. The lowest BCUT2D eigenvalue weighted by Crippen LogP contribution is -2.62. The Morgan fingerprint density at radius 3 is 2.48 bits per heavy atom. The number of carbonyl (C=O) groups excluding carboxylic acids is 2. The van der Waals surface area contributed by atoms with Crippen LogP contribution in [0.2, 0.25) is 0 Å². The quantitative estimate of drug-likeness (QED) is 0.650. The normalized spacial score (nSPS) is 50.1. The third-order valence-electron chi connectivity index (χ3n) is 6.84. The zero-order chi connectivity index (χ0) is 19.2. The summed E-state index contributed by atoms with van der Waals surface area (Å²) in [5.41, 5.74) is -0.975. The van der Waals surface area contributed by atoms with Crippen LogP contribution in [0.5, 0.6) is 0 Å². The highest BCUT2D eigenvalue weighted by atomic mass is 32.2. The van der Waals surface area contributed by atoms with Crippen molar-refractivity contribution in [3.63, 3.8) is 0 Å². The highest BCUT2D eigenvalue weighted by Crippen LogP contribution is 2.73. The van der Waals surface area contributed by atoms with Crippen molar-refractivity contribution in [3.8, 4) is 0 Å². The Kier molecular flexibility index (Phi) is 3.94. The molecule has 4 bridgehead atoms. The van der Waals surface area contributed by atoms with Crippen LogP contribution in [-0.4, -0.2) is 51.4 Å². The van der Waals surface area contributed by atoms with Crippen molar-refractivity contribution in [1.82, 2.24) is 0 Å². The summed E-state index contributed by atoms with van der Waals surface area (Å²) in [6, 6.07) is 0. The van der Waals surface area contributed by atoms with Crippen molar-refractivity contribution < 1.29 is 32.6 Å². The monoisotopic (exact) mass is 420 g/mol. The number of alkyl halides is 2. The molecule has 9 heteroatoms. The van der Waals surface area contributed by atoms with Gasteiger partial charge in [-0.3, -0.25) is 0 Å². The maximum absolute atomic E-state index is 13.4. The lowest BCUT2D eigenvalue weighted by atomic mass is 9.53. The van der Waals surface area contributed by atoms with Gasteiger partial charge in [-0.15, -0.1) is 11.8 Å². The predicted octanol–water partition coefficient (Wildman–Crippen LogP) is 3.21. The van der Waals surface area contributed by atoms with Crippen molar-refractivity contribution in [3.05, 3.63) is 0 Å². The first kappa shape index (κ1) is 18.5. The standard InChI is InChI=1S/C18H22F2O5S2/c1-16(19,20)15(22)25-17-5-8-3-9(6-17)18(10(4-8)7-17)26-12-11(23-2)13(21)24-14(12)27-18/h8-12,14H,3-7H2,1-2H3. The molecular weight excluding hydrogens is 398 g/mol. The summed E-state index contributed by atoms with van der Waals surface area (Å²) in [6.07, 6.45) is 3.41. The molecule has 6 fully saturated rings. The van der Waals surface area contributed by atoms with E-state index in [4.69, 9.17) is 14.2 Å². The molecule has 1 spiro atoms. The largest absolute Gasteiger partial charge is 0.455 e. The van der Waals surface area contributed by atoms with E-state index >= 15 is 0 Å². The Morgan fingerprint density at radius 2 is 1.89 bits per heavy atom. The Labute approximate surface area is 164 Å². The molecule has 0 aromatic rings. The minimum atomic E-state index is -3.46. The third-order valence-corrected chi connectivity index (χ3v) is 11.1. The fraction of sp³-hybridized carbons (Fsp3) is 0.889. The lowest BCUT2D eigenvalue weighted by molar-refractivity contribution is -0.208. The van der Waals surface area contributed by atoms with Crippen LogP contribution in [0.15, 0.2) is 0 Å². The minimum absolute atomic E-state index is 0.0384. The Hall–Kier alpha value is -0.540. The second-order valence-electron chi connectivity index (χ2n) is 8.69. The van der Waals surface area contributed by atoms with Gasteiger partial charge in [0.25, 0.3) is 0 Å². The summed E-state index contributed by atoms with van der Waals surface area (Å²) in [5.74, 6) is -4.24. The van der Waals surface area contributed by atoms with E-state index in [1.165, 1.54) is 7.11 Å². The summed E-state index contributed by atoms with van der Waals surface area (Å²) < 4.78 is 43.1. The first-order valence-electron chi connectivity index (χ1n) is 9.36. The van der Waals surface area contributed by atoms with Crippen molar-refractivity contribution in [2.45, 2.75) is 71.4 Å². The summed E-state index contributed by atoms with van der Waals surface area (Å²) in [7, 11) is 1.53.